The van der Waals surface area contributed by atoms with Crippen molar-refractivity contribution in [1.29, 1.82) is 0 Å². The Morgan fingerprint density at radius 3 is 1.10 bits per heavy atom. The SMILES string of the molecule is C#CC#CC#CC#CC#CC#CC#CC#CC#CC=C. The van der Waals surface area contributed by atoms with Gasteiger partial charge in [0.05, 0.1) is 0 Å². The molecule has 0 nitrogen and oxygen atoms in total. The topological polar surface area (TPSA) is 0 Å². The molecule has 0 unspecified atom stereocenters. The van der Waals surface area contributed by atoms with Crippen molar-refractivity contribution in [1.82, 2.24) is 0 Å². The molecule has 0 bridgehead atoms. The molecule has 0 aliphatic carbocycles. The largest absolute Gasteiger partial charge is 0.106 e. The van der Waals surface area contributed by atoms with Gasteiger partial charge in [0.25, 0.3) is 0 Å². The van der Waals surface area contributed by atoms with E-state index < -0.39 is 0 Å². The van der Waals surface area contributed by atoms with Crippen LogP contribution in [0.3, 0.4) is 0 Å². The smallest absolute Gasteiger partial charge is 0.0000000000000000138 e. The van der Waals surface area contributed by atoms with E-state index in [9.17, 15) is 0 Å². The zero-order valence-corrected chi connectivity index (χ0v) is 10.4. The van der Waals surface area contributed by atoms with Crippen LogP contribution in [0.1, 0.15) is 0 Å². The van der Waals surface area contributed by atoms with Crippen LogP contribution < -0.4 is 0 Å². The van der Waals surface area contributed by atoms with Crippen LogP contribution in [0.15, 0.2) is 12.7 Å². The number of rotatable bonds is 0. The molecule has 0 fully saturated rings. The maximum Gasteiger partial charge on any atom is -0.0000000000000000138 e. The fraction of sp³-hybridized carbons (Fsp3) is 0. The van der Waals surface area contributed by atoms with Gasteiger partial charge in [-0.25, -0.2) is 0 Å². The summed E-state index contributed by atoms with van der Waals surface area (Å²) < 4.78 is 0. The van der Waals surface area contributed by atoms with Crippen molar-refractivity contribution < 1.29 is 0 Å². The maximum absolute atomic E-state index is 4.89. The van der Waals surface area contributed by atoms with E-state index in [-0.39, 0.29) is 0 Å². The van der Waals surface area contributed by atoms with Gasteiger partial charge in [0.2, 0.25) is 0 Å². The third-order valence-electron chi connectivity index (χ3n) is 1.12. The highest BCUT2D eigenvalue weighted by Crippen LogP contribution is 1.58. The first-order chi connectivity index (χ1) is 9.91. The van der Waals surface area contributed by atoms with Crippen LogP contribution >= 0.6 is 0 Å². The summed E-state index contributed by atoms with van der Waals surface area (Å²) in [4.78, 5) is 0. The lowest BCUT2D eigenvalue weighted by atomic mass is 10.5. The molecule has 0 spiro atoms. The zero-order valence-electron chi connectivity index (χ0n) is 10.4. The molecule has 0 heteroatoms. The van der Waals surface area contributed by atoms with Gasteiger partial charge in [0.15, 0.2) is 0 Å². The first kappa shape index (κ1) is 15.8. The maximum atomic E-state index is 4.89. The first-order valence-corrected chi connectivity index (χ1v) is 4.99. The molecule has 20 heavy (non-hydrogen) atoms. The fourth-order valence-corrected chi connectivity index (χ4v) is 0.529. The number of hydrogen-bond acceptors (Lipinski definition) is 0. The van der Waals surface area contributed by atoms with Crippen molar-refractivity contribution in [3.8, 4) is 107 Å². The van der Waals surface area contributed by atoms with Crippen LogP contribution in [0.2, 0.25) is 0 Å². The van der Waals surface area contributed by atoms with Crippen LogP contribution in [0.25, 0.3) is 0 Å². The predicted octanol–water partition coefficient (Wildman–Crippen LogP) is 0.833. The summed E-state index contributed by atoms with van der Waals surface area (Å²) in [5.41, 5.74) is 0. The first-order valence-electron chi connectivity index (χ1n) is 4.99. The highest BCUT2D eigenvalue weighted by atomic mass is 13.6. The Labute approximate surface area is 120 Å². The lowest BCUT2D eigenvalue weighted by molar-refractivity contribution is 2.27. The molecule has 0 N–H and O–H groups in total. The number of allylic oxidation sites excluding steroid dienone is 1. The Bertz CT molecular complexity index is 901. The van der Waals surface area contributed by atoms with E-state index in [0.29, 0.717) is 0 Å². The molecule has 0 aromatic carbocycles. The Hall–Kier alpha value is -4.22. The summed E-state index contributed by atoms with van der Waals surface area (Å²) in [6, 6.07) is 0. The second-order valence-corrected chi connectivity index (χ2v) is 2.37. The molecule has 0 saturated carbocycles. The second-order valence-electron chi connectivity index (χ2n) is 2.37. The fourth-order valence-electron chi connectivity index (χ4n) is 0.529. The van der Waals surface area contributed by atoms with E-state index >= 15 is 0 Å². The van der Waals surface area contributed by atoms with Gasteiger partial charge in [-0.3, -0.25) is 0 Å². The van der Waals surface area contributed by atoms with Gasteiger partial charge in [0.1, 0.15) is 0 Å². The van der Waals surface area contributed by atoms with E-state index in [4.69, 9.17) is 6.42 Å². The minimum atomic E-state index is 1.45. The summed E-state index contributed by atoms with van der Waals surface area (Å²) in [5.74, 6) is 41.7. The van der Waals surface area contributed by atoms with Gasteiger partial charge in [-0.05, 0) is 101 Å². The van der Waals surface area contributed by atoms with E-state index in [1.54, 1.807) is 0 Å². The molecule has 0 heterocycles. The van der Waals surface area contributed by atoms with Gasteiger partial charge in [-0.2, -0.15) is 0 Å². The second kappa shape index (κ2) is 14.8. The standard InChI is InChI=1S/C20H4/c1-3-5-7-9-11-13-15-17-19-20-18-16-14-12-10-8-6-4-2/h1,4H,2H2. The van der Waals surface area contributed by atoms with Gasteiger partial charge in [0, 0.05) is 0 Å². The van der Waals surface area contributed by atoms with Crippen molar-refractivity contribution >= 4 is 0 Å². The van der Waals surface area contributed by atoms with E-state index in [1.165, 1.54) is 6.08 Å². The van der Waals surface area contributed by atoms with Gasteiger partial charge in [-0.1, -0.05) is 12.5 Å². The number of hydrogen-bond donors (Lipinski definition) is 0. The Morgan fingerprint density at radius 2 is 0.800 bits per heavy atom. The summed E-state index contributed by atoms with van der Waals surface area (Å²) in [7, 11) is 0. The Morgan fingerprint density at radius 1 is 0.500 bits per heavy atom. The van der Waals surface area contributed by atoms with E-state index in [1.807, 2.05) is 0 Å². The molecular formula is C20H4. The van der Waals surface area contributed by atoms with E-state index in [0.717, 1.165) is 0 Å². The normalized spacial score (nSPS) is 3.95. The van der Waals surface area contributed by atoms with Crippen molar-refractivity contribution in [2.75, 3.05) is 0 Å². The molecule has 0 amide bonds. The van der Waals surface area contributed by atoms with Crippen molar-refractivity contribution in [2.24, 2.45) is 0 Å². The molecule has 0 rings (SSSR count). The highest BCUT2D eigenvalue weighted by molar-refractivity contribution is 5.46. The molecule has 0 radical (unpaired) electrons. The predicted molar refractivity (Wildman–Crippen MR) is 81.2 cm³/mol. The average molecular weight is 244 g/mol. The minimum absolute atomic E-state index is 1.45. The third-order valence-corrected chi connectivity index (χ3v) is 1.12. The lowest BCUT2D eigenvalue weighted by Gasteiger charge is -1.56. The molecule has 0 atom stereocenters. The molecule has 0 aromatic heterocycles. The van der Waals surface area contributed by atoms with Crippen LogP contribution in [-0.4, -0.2) is 0 Å². The molecule has 84 valence electrons. The average Bonchev–Trinajstić information content (AvgIpc) is 2.47. The van der Waals surface area contributed by atoms with Crippen LogP contribution in [0, 0.1) is 107 Å². The molecular weight excluding hydrogens is 240 g/mol. The van der Waals surface area contributed by atoms with Crippen molar-refractivity contribution in [2.45, 2.75) is 0 Å². The molecule has 0 aromatic rings. The van der Waals surface area contributed by atoms with Crippen LogP contribution in [-0.2, 0) is 0 Å². The molecule has 0 aliphatic heterocycles. The highest BCUT2D eigenvalue weighted by Gasteiger charge is 1.57. The van der Waals surface area contributed by atoms with Crippen molar-refractivity contribution in [3.63, 3.8) is 0 Å². The monoisotopic (exact) mass is 244 g/mol. The van der Waals surface area contributed by atoms with E-state index in [2.05, 4.69) is 107 Å². The van der Waals surface area contributed by atoms with Crippen LogP contribution in [0.4, 0.5) is 0 Å². The molecule has 0 aliphatic rings. The summed E-state index contributed by atoms with van der Waals surface area (Å²) >= 11 is 0. The Balaban J connectivity index is 4.33. The summed E-state index contributed by atoms with van der Waals surface area (Å²) in [6.07, 6.45) is 6.34. The summed E-state index contributed by atoms with van der Waals surface area (Å²) in [6.45, 7) is 3.42. The summed E-state index contributed by atoms with van der Waals surface area (Å²) in [5, 5.41) is 0. The third kappa shape index (κ3) is 13.8. The van der Waals surface area contributed by atoms with Gasteiger partial charge < -0.3 is 0 Å². The molecule has 0 saturated heterocycles. The van der Waals surface area contributed by atoms with Crippen LogP contribution in [0.5, 0.6) is 0 Å². The number of terminal acetylenes is 1. The Kier molecular flexibility index (Phi) is 11.7. The lowest BCUT2D eigenvalue weighted by Crippen LogP contribution is -1.56. The van der Waals surface area contributed by atoms with Gasteiger partial charge >= 0.3 is 0 Å². The zero-order chi connectivity index (χ0) is 14.7. The van der Waals surface area contributed by atoms with Gasteiger partial charge in [-0.15, -0.1) is 6.42 Å². The van der Waals surface area contributed by atoms with Crippen molar-refractivity contribution in [3.05, 3.63) is 12.7 Å². The minimum Gasteiger partial charge on any atom is -0.106 e. The quantitative estimate of drug-likeness (QED) is 0.554.